The van der Waals surface area contributed by atoms with Crippen molar-refractivity contribution in [3.8, 4) is 0 Å². The Morgan fingerprint density at radius 1 is 1.04 bits per heavy atom. The van der Waals surface area contributed by atoms with Crippen molar-refractivity contribution in [3.05, 3.63) is 70.7 Å². The molecule has 134 valence electrons. The van der Waals surface area contributed by atoms with Gasteiger partial charge in [0.15, 0.2) is 0 Å². The first kappa shape index (κ1) is 17.4. The lowest BCUT2D eigenvalue weighted by Gasteiger charge is -2.18. The van der Waals surface area contributed by atoms with E-state index in [2.05, 4.69) is 94.0 Å². The number of rotatable bonds is 3. The summed E-state index contributed by atoms with van der Waals surface area (Å²) in [5.74, 6) is 0.510. The highest BCUT2D eigenvalue weighted by atomic mass is 32.1. The standard InChI is InChI=1S/C24H27NS/c1-16(20-7-6-8-22-21(20)11-12-25(22)5)13-19-15-17-14-18(24(2,3)4)9-10-23(17)26-19/h6-12,14-16H,13H2,1-5H3. The molecule has 1 unspecified atom stereocenters. The maximum absolute atomic E-state index is 2.40. The van der Waals surface area contributed by atoms with Gasteiger partial charge in [0.25, 0.3) is 0 Å². The van der Waals surface area contributed by atoms with Crippen molar-refractivity contribution in [2.45, 2.75) is 45.4 Å². The molecule has 0 saturated carbocycles. The summed E-state index contributed by atoms with van der Waals surface area (Å²) in [4.78, 5) is 1.48. The first-order valence-electron chi connectivity index (χ1n) is 9.40. The Morgan fingerprint density at radius 2 is 1.85 bits per heavy atom. The number of aryl methyl sites for hydroxylation is 1. The van der Waals surface area contributed by atoms with Gasteiger partial charge in [-0.25, -0.2) is 0 Å². The summed E-state index contributed by atoms with van der Waals surface area (Å²) in [6.45, 7) is 9.20. The summed E-state index contributed by atoms with van der Waals surface area (Å²) in [6.07, 6.45) is 3.26. The zero-order valence-corrected chi connectivity index (χ0v) is 17.2. The fourth-order valence-electron chi connectivity index (χ4n) is 3.83. The number of hydrogen-bond acceptors (Lipinski definition) is 1. The van der Waals surface area contributed by atoms with Gasteiger partial charge < -0.3 is 4.57 Å². The molecule has 0 radical (unpaired) electrons. The highest BCUT2D eigenvalue weighted by molar-refractivity contribution is 7.19. The quantitative estimate of drug-likeness (QED) is 0.369. The maximum atomic E-state index is 2.40. The van der Waals surface area contributed by atoms with E-state index in [1.807, 2.05) is 11.3 Å². The Bertz CT molecular complexity index is 1070. The number of benzene rings is 2. The van der Waals surface area contributed by atoms with E-state index in [0.717, 1.165) is 6.42 Å². The monoisotopic (exact) mass is 361 g/mol. The van der Waals surface area contributed by atoms with E-state index in [1.54, 1.807) is 0 Å². The Morgan fingerprint density at radius 3 is 2.62 bits per heavy atom. The molecular weight excluding hydrogens is 334 g/mol. The predicted octanol–water partition coefficient (Wildman–Crippen LogP) is 7.04. The van der Waals surface area contributed by atoms with Crippen LogP contribution in [0.3, 0.4) is 0 Å². The van der Waals surface area contributed by atoms with Crippen molar-refractivity contribution >= 4 is 32.3 Å². The van der Waals surface area contributed by atoms with Crippen LogP contribution in [0.25, 0.3) is 21.0 Å². The van der Waals surface area contributed by atoms with E-state index in [9.17, 15) is 0 Å². The Balaban J connectivity index is 1.66. The van der Waals surface area contributed by atoms with Crippen LogP contribution in [0.1, 0.15) is 49.6 Å². The van der Waals surface area contributed by atoms with E-state index in [4.69, 9.17) is 0 Å². The number of aromatic nitrogens is 1. The average Bonchev–Trinajstić information content (AvgIpc) is 3.16. The molecule has 0 aliphatic heterocycles. The average molecular weight is 362 g/mol. The van der Waals surface area contributed by atoms with Crippen LogP contribution in [-0.2, 0) is 18.9 Å². The number of fused-ring (bicyclic) bond motifs is 2. The molecule has 1 atom stereocenters. The molecule has 4 rings (SSSR count). The molecule has 0 aliphatic carbocycles. The summed E-state index contributed by atoms with van der Waals surface area (Å²) >= 11 is 1.94. The maximum Gasteiger partial charge on any atom is 0.0480 e. The minimum atomic E-state index is 0.201. The first-order chi connectivity index (χ1) is 12.3. The van der Waals surface area contributed by atoms with Crippen molar-refractivity contribution in [1.82, 2.24) is 4.57 Å². The van der Waals surface area contributed by atoms with Gasteiger partial charge in [0.2, 0.25) is 0 Å². The Labute approximate surface area is 160 Å². The molecule has 0 aliphatic rings. The highest BCUT2D eigenvalue weighted by Gasteiger charge is 2.16. The molecule has 4 aromatic rings. The largest absolute Gasteiger partial charge is 0.351 e. The molecule has 2 heteroatoms. The fraction of sp³-hybridized carbons (Fsp3) is 0.333. The molecule has 2 heterocycles. The highest BCUT2D eigenvalue weighted by Crippen LogP contribution is 2.34. The van der Waals surface area contributed by atoms with Gasteiger partial charge in [-0.2, -0.15) is 0 Å². The SMILES string of the molecule is CC(Cc1cc2cc(C(C)(C)C)ccc2s1)c1cccc2c1ccn2C. The van der Waals surface area contributed by atoms with Crippen LogP contribution in [0.2, 0.25) is 0 Å². The Kier molecular flexibility index (Phi) is 4.19. The van der Waals surface area contributed by atoms with Crippen molar-refractivity contribution in [2.75, 3.05) is 0 Å². The molecule has 1 nitrogen and oxygen atoms in total. The van der Waals surface area contributed by atoms with Gasteiger partial charge in [-0.3, -0.25) is 0 Å². The van der Waals surface area contributed by atoms with Gasteiger partial charge in [0, 0.05) is 33.7 Å². The minimum Gasteiger partial charge on any atom is -0.351 e. The topological polar surface area (TPSA) is 4.93 Å². The second-order valence-electron chi connectivity index (χ2n) is 8.53. The third-order valence-electron chi connectivity index (χ3n) is 5.43. The van der Waals surface area contributed by atoms with Crippen LogP contribution < -0.4 is 0 Å². The number of thiophene rings is 1. The lowest BCUT2D eigenvalue weighted by molar-refractivity contribution is 0.591. The van der Waals surface area contributed by atoms with Gasteiger partial charge in [-0.05, 0) is 64.6 Å². The van der Waals surface area contributed by atoms with E-state index in [-0.39, 0.29) is 5.41 Å². The Hall–Kier alpha value is -2.06. The van der Waals surface area contributed by atoms with Crippen molar-refractivity contribution < 1.29 is 0 Å². The molecule has 0 saturated heterocycles. The van der Waals surface area contributed by atoms with E-state index in [0.29, 0.717) is 5.92 Å². The van der Waals surface area contributed by atoms with Crippen LogP contribution in [-0.4, -0.2) is 4.57 Å². The lowest BCUT2D eigenvalue weighted by Crippen LogP contribution is -2.10. The molecule has 0 bridgehead atoms. The van der Waals surface area contributed by atoms with Crippen LogP contribution in [0.4, 0.5) is 0 Å². The van der Waals surface area contributed by atoms with Gasteiger partial charge in [0.05, 0.1) is 0 Å². The van der Waals surface area contributed by atoms with Crippen molar-refractivity contribution in [3.63, 3.8) is 0 Å². The van der Waals surface area contributed by atoms with Crippen LogP contribution in [0.5, 0.6) is 0 Å². The van der Waals surface area contributed by atoms with Gasteiger partial charge in [0.1, 0.15) is 0 Å². The molecule has 2 aromatic carbocycles. The smallest absolute Gasteiger partial charge is 0.0480 e. The summed E-state index contributed by atoms with van der Waals surface area (Å²) in [5.41, 5.74) is 4.39. The van der Waals surface area contributed by atoms with Crippen molar-refractivity contribution in [1.29, 1.82) is 0 Å². The normalized spacial score (nSPS) is 13.6. The van der Waals surface area contributed by atoms with Crippen molar-refractivity contribution in [2.24, 2.45) is 7.05 Å². The molecule has 0 amide bonds. The number of hydrogen-bond donors (Lipinski definition) is 0. The third kappa shape index (κ3) is 3.07. The molecule has 0 fully saturated rings. The van der Waals surface area contributed by atoms with E-state index in [1.165, 1.54) is 37.0 Å². The van der Waals surface area contributed by atoms with Crippen LogP contribution in [0.15, 0.2) is 54.7 Å². The van der Waals surface area contributed by atoms with Gasteiger partial charge in [-0.15, -0.1) is 11.3 Å². The fourth-order valence-corrected chi connectivity index (χ4v) is 5.01. The zero-order valence-electron chi connectivity index (χ0n) is 16.3. The van der Waals surface area contributed by atoms with Gasteiger partial charge in [-0.1, -0.05) is 45.9 Å². The first-order valence-corrected chi connectivity index (χ1v) is 10.2. The molecule has 0 N–H and O–H groups in total. The molecular formula is C24H27NS. The summed E-state index contributed by atoms with van der Waals surface area (Å²) in [7, 11) is 2.12. The predicted molar refractivity (Wildman–Crippen MR) is 116 cm³/mol. The third-order valence-corrected chi connectivity index (χ3v) is 6.57. The molecule has 26 heavy (non-hydrogen) atoms. The summed E-state index contributed by atoms with van der Waals surface area (Å²) in [6, 6.07) is 18.3. The van der Waals surface area contributed by atoms with Gasteiger partial charge >= 0.3 is 0 Å². The van der Waals surface area contributed by atoms with Crippen LogP contribution >= 0.6 is 11.3 Å². The minimum absolute atomic E-state index is 0.201. The van der Waals surface area contributed by atoms with Crippen LogP contribution in [0, 0.1) is 0 Å². The zero-order chi connectivity index (χ0) is 18.5. The van der Waals surface area contributed by atoms with E-state index >= 15 is 0 Å². The second kappa shape index (κ2) is 6.28. The summed E-state index contributed by atoms with van der Waals surface area (Å²) in [5, 5.41) is 2.78. The second-order valence-corrected chi connectivity index (χ2v) is 9.70. The van der Waals surface area contributed by atoms with E-state index < -0.39 is 0 Å². The lowest BCUT2D eigenvalue weighted by atomic mass is 9.86. The number of nitrogens with zero attached hydrogens (tertiary/aromatic N) is 1. The molecule has 2 aromatic heterocycles. The summed E-state index contributed by atoms with van der Waals surface area (Å²) < 4.78 is 3.61. The molecule has 0 spiro atoms.